The van der Waals surface area contributed by atoms with Crippen molar-refractivity contribution in [1.29, 1.82) is 0 Å². The van der Waals surface area contributed by atoms with Gasteiger partial charge in [-0.2, -0.15) is 0 Å². The van der Waals surface area contributed by atoms with Crippen LogP contribution in [0.15, 0.2) is 53.6 Å². The first kappa shape index (κ1) is 11.0. The third kappa shape index (κ3) is 1.66. The van der Waals surface area contributed by atoms with Crippen molar-refractivity contribution in [2.24, 2.45) is 5.92 Å². The predicted octanol–water partition coefficient (Wildman–Crippen LogP) is 3.36. The summed E-state index contributed by atoms with van der Waals surface area (Å²) in [5.74, 6) is 0.463. The Balaban J connectivity index is 1.78. The zero-order valence-corrected chi connectivity index (χ0v) is 10.7. The normalized spacial score (nSPS) is 32.2. The zero-order chi connectivity index (χ0) is 12.8. The van der Waals surface area contributed by atoms with Crippen LogP contribution in [0.2, 0.25) is 0 Å². The molecule has 2 heteroatoms. The highest BCUT2D eigenvalue weighted by Crippen LogP contribution is 2.47. The molecule has 2 nitrogen and oxygen atoms in total. The average molecular weight is 252 g/mol. The van der Waals surface area contributed by atoms with Gasteiger partial charge in [0.05, 0.1) is 0 Å². The number of hydrogen-bond acceptors (Lipinski definition) is 2. The fraction of sp³-hybridized carbons (Fsp3) is 0.353. The van der Waals surface area contributed by atoms with Crippen LogP contribution in [0.1, 0.15) is 30.7 Å². The molecular weight excluding hydrogens is 236 g/mol. The Hall–Kier alpha value is -1.83. The van der Waals surface area contributed by atoms with E-state index in [4.69, 9.17) is 4.74 Å². The second kappa shape index (κ2) is 4.09. The highest BCUT2D eigenvalue weighted by atomic mass is 16.6. The summed E-state index contributed by atoms with van der Waals surface area (Å²) in [7, 11) is 0. The van der Waals surface area contributed by atoms with Crippen LogP contribution in [-0.2, 0) is 9.53 Å². The van der Waals surface area contributed by atoms with Crippen LogP contribution in [-0.4, -0.2) is 12.1 Å². The summed E-state index contributed by atoms with van der Waals surface area (Å²) in [6, 6.07) is 10.4. The van der Waals surface area contributed by atoms with Gasteiger partial charge in [-0.1, -0.05) is 48.1 Å². The molecule has 19 heavy (non-hydrogen) atoms. The largest absolute Gasteiger partial charge is 0.458 e. The second-order valence-corrected chi connectivity index (χ2v) is 5.61. The second-order valence-electron chi connectivity index (χ2n) is 5.61. The SMILES string of the molecule is O=C1OC2CCC3=CCC(c4ccccc4)C=C1C32. The summed E-state index contributed by atoms with van der Waals surface area (Å²) in [6.45, 7) is 0. The number of allylic oxidation sites excluding steroid dienone is 2. The number of carbonyl (C=O) groups is 1. The molecule has 3 atom stereocenters. The standard InChI is InChI=1S/C17H16O2/c18-17-14-10-13(11-4-2-1-3-5-11)7-6-12-8-9-15(19-17)16(12)14/h1-6,10,13,15-16H,7-9H2. The van der Waals surface area contributed by atoms with Crippen LogP contribution in [0.5, 0.6) is 0 Å². The highest BCUT2D eigenvalue weighted by Gasteiger charge is 2.46. The van der Waals surface area contributed by atoms with Gasteiger partial charge in [0.15, 0.2) is 0 Å². The van der Waals surface area contributed by atoms with E-state index in [1.54, 1.807) is 0 Å². The first-order valence-electron chi connectivity index (χ1n) is 6.99. The quantitative estimate of drug-likeness (QED) is 0.566. The summed E-state index contributed by atoms with van der Waals surface area (Å²) in [4.78, 5) is 12.0. The minimum absolute atomic E-state index is 0.0940. The fourth-order valence-electron chi connectivity index (χ4n) is 3.63. The molecule has 0 radical (unpaired) electrons. The minimum atomic E-state index is -0.0940. The first-order chi connectivity index (χ1) is 9.33. The maximum atomic E-state index is 12.0. The van der Waals surface area contributed by atoms with Gasteiger partial charge in [-0.25, -0.2) is 4.79 Å². The van der Waals surface area contributed by atoms with E-state index in [1.165, 1.54) is 11.1 Å². The molecule has 0 aromatic heterocycles. The van der Waals surface area contributed by atoms with E-state index >= 15 is 0 Å². The Morgan fingerprint density at radius 3 is 2.84 bits per heavy atom. The van der Waals surface area contributed by atoms with Crippen molar-refractivity contribution >= 4 is 5.97 Å². The lowest BCUT2D eigenvalue weighted by molar-refractivity contribution is -0.138. The predicted molar refractivity (Wildman–Crippen MR) is 72.6 cm³/mol. The third-order valence-corrected chi connectivity index (χ3v) is 4.56. The van der Waals surface area contributed by atoms with Crippen molar-refractivity contribution in [2.75, 3.05) is 0 Å². The van der Waals surface area contributed by atoms with E-state index in [2.05, 4.69) is 36.4 Å². The number of carbonyl (C=O) groups excluding carboxylic acids is 1. The van der Waals surface area contributed by atoms with Crippen LogP contribution < -0.4 is 0 Å². The minimum Gasteiger partial charge on any atom is -0.458 e. The summed E-state index contributed by atoms with van der Waals surface area (Å²) >= 11 is 0. The van der Waals surface area contributed by atoms with E-state index in [0.717, 1.165) is 24.8 Å². The molecule has 96 valence electrons. The first-order valence-corrected chi connectivity index (χ1v) is 6.99. The van der Waals surface area contributed by atoms with Crippen LogP contribution in [0.3, 0.4) is 0 Å². The number of hydrogen-bond donors (Lipinski definition) is 0. The third-order valence-electron chi connectivity index (χ3n) is 4.56. The van der Waals surface area contributed by atoms with Gasteiger partial charge >= 0.3 is 5.97 Å². The van der Waals surface area contributed by atoms with Gasteiger partial charge in [-0.3, -0.25) is 0 Å². The average Bonchev–Trinajstić information content (AvgIpc) is 2.88. The van der Waals surface area contributed by atoms with E-state index in [9.17, 15) is 4.79 Å². The molecule has 1 aromatic carbocycles. The summed E-state index contributed by atoms with van der Waals surface area (Å²) in [6.07, 6.45) is 7.68. The summed E-state index contributed by atoms with van der Waals surface area (Å²) in [5, 5.41) is 0. The number of esters is 1. The highest BCUT2D eigenvalue weighted by molar-refractivity contribution is 5.93. The molecular formula is C17H16O2. The van der Waals surface area contributed by atoms with E-state index in [0.29, 0.717) is 5.92 Å². The van der Waals surface area contributed by atoms with Crippen molar-refractivity contribution in [3.63, 3.8) is 0 Å². The van der Waals surface area contributed by atoms with Gasteiger partial charge < -0.3 is 4.74 Å². The van der Waals surface area contributed by atoms with Crippen LogP contribution in [0, 0.1) is 5.92 Å². The smallest absolute Gasteiger partial charge is 0.334 e. The Kier molecular flexibility index (Phi) is 2.37. The Labute approximate surface area is 112 Å². The van der Waals surface area contributed by atoms with Crippen molar-refractivity contribution in [1.82, 2.24) is 0 Å². The maximum Gasteiger partial charge on any atom is 0.334 e. The number of ether oxygens (including phenoxy) is 1. The van der Waals surface area contributed by atoms with Crippen LogP contribution in [0.4, 0.5) is 0 Å². The molecule has 2 fully saturated rings. The van der Waals surface area contributed by atoms with Crippen molar-refractivity contribution in [2.45, 2.75) is 31.3 Å². The molecule has 2 aliphatic carbocycles. The van der Waals surface area contributed by atoms with Crippen molar-refractivity contribution in [3.05, 3.63) is 59.2 Å². The lowest BCUT2D eigenvalue weighted by Gasteiger charge is -2.10. The monoisotopic (exact) mass is 252 g/mol. The van der Waals surface area contributed by atoms with Crippen molar-refractivity contribution in [3.8, 4) is 0 Å². The molecule has 3 unspecified atom stereocenters. The molecule has 1 saturated heterocycles. The van der Waals surface area contributed by atoms with E-state index in [1.807, 2.05) is 6.07 Å². The Morgan fingerprint density at radius 2 is 2.00 bits per heavy atom. The number of rotatable bonds is 1. The molecule has 0 spiro atoms. The summed E-state index contributed by atoms with van der Waals surface area (Å²) < 4.78 is 5.49. The van der Waals surface area contributed by atoms with Crippen LogP contribution >= 0.6 is 0 Å². The van der Waals surface area contributed by atoms with Gasteiger partial charge in [0.25, 0.3) is 0 Å². The molecule has 4 rings (SSSR count). The maximum absolute atomic E-state index is 12.0. The van der Waals surface area contributed by atoms with E-state index in [-0.39, 0.29) is 18.0 Å². The van der Waals surface area contributed by atoms with E-state index < -0.39 is 0 Å². The topological polar surface area (TPSA) is 26.3 Å². The lowest BCUT2D eigenvalue weighted by Crippen LogP contribution is -2.08. The molecule has 1 saturated carbocycles. The molecule has 1 heterocycles. The molecule has 0 N–H and O–H groups in total. The van der Waals surface area contributed by atoms with Gasteiger partial charge in [0.2, 0.25) is 0 Å². The van der Waals surface area contributed by atoms with Gasteiger partial charge in [-0.05, 0) is 24.8 Å². The molecule has 0 amide bonds. The zero-order valence-electron chi connectivity index (χ0n) is 10.7. The van der Waals surface area contributed by atoms with Crippen LogP contribution in [0.25, 0.3) is 0 Å². The number of benzene rings is 1. The van der Waals surface area contributed by atoms with Gasteiger partial charge in [0, 0.05) is 17.4 Å². The molecule has 1 aromatic rings. The summed E-state index contributed by atoms with van der Waals surface area (Å²) in [5.41, 5.74) is 3.60. The fourth-order valence-corrected chi connectivity index (χ4v) is 3.63. The van der Waals surface area contributed by atoms with Gasteiger partial charge in [-0.15, -0.1) is 0 Å². The Bertz CT molecular complexity index is 583. The Morgan fingerprint density at radius 1 is 1.16 bits per heavy atom. The van der Waals surface area contributed by atoms with Crippen molar-refractivity contribution < 1.29 is 9.53 Å². The molecule has 3 aliphatic rings. The van der Waals surface area contributed by atoms with Gasteiger partial charge in [0.1, 0.15) is 6.10 Å². The molecule has 1 aliphatic heterocycles. The molecule has 0 bridgehead atoms. The lowest BCUT2D eigenvalue weighted by atomic mass is 9.92.